The fourth-order valence-electron chi connectivity index (χ4n) is 2.17. The predicted octanol–water partition coefficient (Wildman–Crippen LogP) is 4.43. The van der Waals surface area contributed by atoms with Gasteiger partial charge in [0.1, 0.15) is 5.76 Å². The molecule has 0 aliphatic rings. The number of thiophene rings is 1. The molecule has 0 bridgehead atoms. The molecule has 0 aliphatic carbocycles. The maximum absolute atomic E-state index is 9.21. The molecule has 0 radical (unpaired) electrons. The van der Waals surface area contributed by atoms with Crippen LogP contribution in [-0.4, -0.2) is 11.7 Å². The summed E-state index contributed by atoms with van der Waals surface area (Å²) in [6.45, 7) is 0.0329. The van der Waals surface area contributed by atoms with Gasteiger partial charge in [0.25, 0.3) is 0 Å². The Morgan fingerprint density at radius 1 is 1.10 bits per heavy atom. The number of benzene rings is 1. The van der Waals surface area contributed by atoms with Gasteiger partial charge in [-0.25, -0.2) is 0 Å². The van der Waals surface area contributed by atoms with E-state index in [1.54, 1.807) is 17.6 Å². The molecule has 0 spiro atoms. The standard InChI is InChI=1S/C17H14O2S/c18-9-7-16(15-8-11-20-12-15)13-3-5-14(6-4-13)17-2-1-10-19-17/h1-8,10-12,18H,9H2. The summed E-state index contributed by atoms with van der Waals surface area (Å²) in [5.74, 6) is 0.861. The summed E-state index contributed by atoms with van der Waals surface area (Å²) < 4.78 is 5.39. The smallest absolute Gasteiger partial charge is 0.133 e. The molecule has 3 rings (SSSR count). The lowest BCUT2D eigenvalue weighted by Crippen LogP contribution is -1.88. The average molecular weight is 282 g/mol. The highest BCUT2D eigenvalue weighted by Crippen LogP contribution is 2.27. The van der Waals surface area contributed by atoms with Gasteiger partial charge in [-0.2, -0.15) is 11.3 Å². The van der Waals surface area contributed by atoms with Crippen LogP contribution in [0.25, 0.3) is 16.9 Å². The zero-order valence-electron chi connectivity index (χ0n) is 10.8. The van der Waals surface area contributed by atoms with E-state index in [-0.39, 0.29) is 6.61 Å². The molecule has 0 aliphatic heterocycles. The normalized spacial score (nSPS) is 11.8. The van der Waals surface area contributed by atoms with Crippen LogP contribution in [0.5, 0.6) is 0 Å². The second kappa shape index (κ2) is 5.90. The van der Waals surface area contributed by atoms with Crippen LogP contribution in [0.1, 0.15) is 11.1 Å². The molecule has 1 N–H and O–H groups in total. The van der Waals surface area contributed by atoms with Gasteiger partial charge in [-0.3, -0.25) is 0 Å². The van der Waals surface area contributed by atoms with Crippen LogP contribution in [0, 0.1) is 0 Å². The van der Waals surface area contributed by atoms with Gasteiger partial charge in [-0.1, -0.05) is 30.3 Å². The van der Waals surface area contributed by atoms with Gasteiger partial charge in [0.2, 0.25) is 0 Å². The molecular formula is C17H14O2S. The van der Waals surface area contributed by atoms with E-state index < -0.39 is 0 Å². The van der Waals surface area contributed by atoms with Crippen molar-refractivity contribution in [3.8, 4) is 11.3 Å². The Bertz CT molecular complexity index is 677. The van der Waals surface area contributed by atoms with E-state index in [4.69, 9.17) is 4.42 Å². The fraction of sp³-hybridized carbons (Fsp3) is 0.0588. The van der Waals surface area contributed by atoms with Gasteiger partial charge in [-0.15, -0.1) is 0 Å². The largest absolute Gasteiger partial charge is 0.464 e. The Morgan fingerprint density at radius 2 is 1.95 bits per heavy atom. The Balaban J connectivity index is 1.95. The van der Waals surface area contributed by atoms with Crippen LogP contribution in [0.2, 0.25) is 0 Å². The van der Waals surface area contributed by atoms with Gasteiger partial charge in [0, 0.05) is 5.56 Å². The first-order valence-corrected chi connectivity index (χ1v) is 7.30. The van der Waals surface area contributed by atoms with Crippen LogP contribution in [0.3, 0.4) is 0 Å². The number of furan rings is 1. The SMILES string of the molecule is OCC=C(c1ccc(-c2ccco2)cc1)c1ccsc1. The quantitative estimate of drug-likeness (QED) is 0.768. The number of hydrogen-bond acceptors (Lipinski definition) is 3. The van der Waals surface area contributed by atoms with E-state index in [9.17, 15) is 5.11 Å². The number of aliphatic hydroxyl groups is 1. The van der Waals surface area contributed by atoms with E-state index in [1.807, 2.05) is 35.7 Å². The predicted molar refractivity (Wildman–Crippen MR) is 82.6 cm³/mol. The Labute approximate surface area is 121 Å². The van der Waals surface area contributed by atoms with Crippen molar-refractivity contribution in [1.29, 1.82) is 0 Å². The monoisotopic (exact) mass is 282 g/mol. The minimum atomic E-state index is 0.0329. The van der Waals surface area contributed by atoms with Crippen molar-refractivity contribution in [2.45, 2.75) is 0 Å². The molecule has 20 heavy (non-hydrogen) atoms. The molecule has 0 amide bonds. The summed E-state index contributed by atoms with van der Waals surface area (Å²) in [6, 6.07) is 14.1. The topological polar surface area (TPSA) is 33.4 Å². The van der Waals surface area contributed by atoms with Gasteiger partial charge in [-0.05, 0) is 45.7 Å². The second-order valence-corrected chi connectivity index (χ2v) is 5.15. The molecule has 2 nitrogen and oxygen atoms in total. The van der Waals surface area contributed by atoms with Crippen LogP contribution < -0.4 is 0 Å². The Kier molecular flexibility index (Phi) is 3.81. The lowest BCUT2D eigenvalue weighted by molar-refractivity contribution is 0.343. The maximum atomic E-state index is 9.21. The van der Waals surface area contributed by atoms with Crippen molar-refractivity contribution in [3.63, 3.8) is 0 Å². The summed E-state index contributed by atoms with van der Waals surface area (Å²) >= 11 is 1.65. The molecule has 0 saturated carbocycles. The number of rotatable bonds is 4. The van der Waals surface area contributed by atoms with Gasteiger partial charge < -0.3 is 9.52 Å². The molecule has 1 aromatic carbocycles. The summed E-state index contributed by atoms with van der Waals surface area (Å²) in [4.78, 5) is 0. The van der Waals surface area contributed by atoms with E-state index in [1.165, 1.54) is 0 Å². The number of hydrogen-bond donors (Lipinski definition) is 1. The molecule has 0 saturated heterocycles. The van der Waals surface area contributed by atoms with Gasteiger partial charge in [0.15, 0.2) is 0 Å². The summed E-state index contributed by atoms with van der Waals surface area (Å²) in [5.41, 5.74) is 4.33. The Hall–Kier alpha value is -2.10. The minimum Gasteiger partial charge on any atom is -0.464 e. The molecule has 2 heterocycles. The van der Waals surface area contributed by atoms with E-state index in [0.717, 1.165) is 28.0 Å². The second-order valence-electron chi connectivity index (χ2n) is 4.37. The van der Waals surface area contributed by atoms with E-state index in [2.05, 4.69) is 23.6 Å². The summed E-state index contributed by atoms with van der Waals surface area (Å²) in [5, 5.41) is 13.3. The highest BCUT2D eigenvalue weighted by molar-refractivity contribution is 7.08. The average Bonchev–Trinajstić information content (AvgIpc) is 3.18. The fourth-order valence-corrected chi connectivity index (χ4v) is 2.82. The van der Waals surface area contributed by atoms with Crippen molar-refractivity contribution in [1.82, 2.24) is 0 Å². The molecule has 2 aromatic heterocycles. The maximum Gasteiger partial charge on any atom is 0.133 e. The zero-order chi connectivity index (χ0) is 13.8. The lowest BCUT2D eigenvalue weighted by atomic mass is 9.98. The molecule has 100 valence electrons. The summed E-state index contributed by atoms with van der Waals surface area (Å²) in [7, 11) is 0. The van der Waals surface area contributed by atoms with E-state index >= 15 is 0 Å². The molecule has 0 unspecified atom stereocenters. The molecule has 0 fully saturated rings. The van der Waals surface area contributed by atoms with Crippen molar-refractivity contribution >= 4 is 16.9 Å². The zero-order valence-corrected chi connectivity index (χ0v) is 11.6. The van der Waals surface area contributed by atoms with Crippen LogP contribution in [0.4, 0.5) is 0 Å². The first-order chi connectivity index (χ1) is 9.88. The van der Waals surface area contributed by atoms with Crippen LogP contribution in [-0.2, 0) is 0 Å². The lowest BCUT2D eigenvalue weighted by Gasteiger charge is -2.07. The van der Waals surface area contributed by atoms with Crippen LogP contribution in [0.15, 0.2) is 70.0 Å². The van der Waals surface area contributed by atoms with Crippen molar-refractivity contribution < 1.29 is 9.52 Å². The highest BCUT2D eigenvalue weighted by Gasteiger charge is 2.06. The minimum absolute atomic E-state index is 0.0329. The van der Waals surface area contributed by atoms with Crippen molar-refractivity contribution in [3.05, 3.63) is 76.7 Å². The number of aliphatic hydroxyl groups excluding tert-OH is 1. The first kappa shape index (κ1) is 12.9. The van der Waals surface area contributed by atoms with Crippen molar-refractivity contribution in [2.24, 2.45) is 0 Å². The Morgan fingerprint density at radius 3 is 2.55 bits per heavy atom. The third kappa shape index (κ3) is 2.59. The van der Waals surface area contributed by atoms with Gasteiger partial charge in [0.05, 0.1) is 12.9 Å². The van der Waals surface area contributed by atoms with Gasteiger partial charge >= 0.3 is 0 Å². The molecule has 3 heteroatoms. The first-order valence-electron chi connectivity index (χ1n) is 6.36. The third-order valence-electron chi connectivity index (χ3n) is 3.13. The molecular weight excluding hydrogens is 268 g/mol. The van der Waals surface area contributed by atoms with E-state index in [0.29, 0.717) is 0 Å². The molecule has 3 aromatic rings. The van der Waals surface area contributed by atoms with Crippen LogP contribution >= 0.6 is 11.3 Å². The highest BCUT2D eigenvalue weighted by atomic mass is 32.1. The third-order valence-corrected chi connectivity index (χ3v) is 3.81. The van der Waals surface area contributed by atoms with Crippen molar-refractivity contribution in [2.75, 3.05) is 6.61 Å². The molecule has 0 atom stereocenters. The summed E-state index contributed by atoms with van der Waals surface area (Å²) in [6.07, 6.45) is 3.51.